The Morgan fingerprint density at radius 2 is 1.72 bits per heavy atom. The number of carbonyl (C=O) groups is 4. The van der Waals surface area contributed by atoms with Gasteiger partial charge < -0.3 is 30.1 Å². The van der Waals surface area contributed by atoms with E-state index < -0.39 is 69.0 Å². The molecule has 306 valence electrons. The summed E-state index contributed by atoms with van der Waals surface area (Å²) in [5.41, 5.74) is -0.686. The number of ether oxygens (including phenoxy) is 2. The van der Waals surface area contributed by atoms with Crippen LogP contribution >= 0.6 is 0 Å². The molecule has 2 fully saturated rings. The van der Waals surface area contributed by atoms with E-state index in [0.717, 1.165) is 10.5 Å². The molecule has 6 rings (SSSR count). The first kappa shape index (κ1) is 41.6. The van der Waals surface area contributed by atoms with Crippen LogP contribution in [0.2, 0.25) is 0 Å². The van der Waals surface area contributed by atoms with Gasteiger partial charge in [0.15, 0.2) is 0 Å². The Balaban J connectivity index is 1.37. The number of methoxy groups -OCH3 is 1. The molecule has 2 aliphatic rings. The number of nitrogens with one attached hydrogen (secondary N) is 3. The minimum atomic E-state index is -4.30. The number of aromatic nitrogens is 1. The maximum Gasteiger partial charge on any atom is 0.408 e. The summed E-state index contributed by atoms with van der Waals surface area (Å²) >= 11 is 0. The molecule has 15 nitrogen and oxygen atoms in total. The maximum absolute atomic E-state index is 14.7. The number of carbonyl (C=O) groups excluding carboxylic acids is 3. The van der Waals surface area contributed by atoms with Gasteiger partial charge in [-0.3, -0.25) is 19.3 Å². The van der Waals surface area contributed by atoms with Crippen LogP contribution in [0, 0.1) is 5.92 Å². The topological polar surface area (TPSA) is 197 Å². The number of pyridine rings is 1. The molecular formula is C42H48N6O9S. The number of amides is 4. The highest BCUT2D eigenvalue weighted by atomic mass is 32.2. The molecule has 1 saturated heterocycles. The van der Waals surface area contributed by atoms with E-state index in [0.29, 0.717) is 28.1 Å². The number of hydrogen-bond acceptors (Lipinski definition) is 10. The van der Waals surface area contributed by atoms with Gasteiger partial charge in [-0.25, -0.2) is 22.9 Å². The summed E-state index contributed by atoms with van der Waals surface area (Å²) in [6.07, 6.45) is -0.651. The Hall–Kier alpha value is -6.00. The van der Waals surface area contributed by atoms with Crippen molar-refractivity contribution in [3.8, 4) is 22.8 Å². The average Bonchev–Trinajstić information content (AvgIpc) is 3.75. The Kier molecular flexibility index (Phi) is 11.8. The fourth-order valence-corrected chi connectivity index (χ4v) is 8.54. The number of nitrogens with zero attached hydrogens (tertiary/aromatic N) is 3. The summed E-state index contributed by atoms with van der Waals surface area (Å²) in [4.78, 5) is 62.7. The van der Waals surface area contributed by atoms with Crippen molar-refractivity contribution in [3.05, 3.63) is 97.6 Å². The third-order valence-corrected chi connectivity index (χ3v) is 11.8. The van der Waals surface area contributed by atoms with E-state index in [-0.39, 0.29) is 30.8 Å². The first-order chi connectivity index (χ1) is 27.5. The zero-order chi connectivity index (χ0) is 42.0. The average molecular weight is 813 g/mol. The van der Waals surface area contributed by atoms with Gasteiger partial charge in [0, 0.05) is 47.5 Å². The molecule has 4 N–H and O–H groups in total. The number of likely N-dealkylation sites (N-methyl/N-ethyl adjacent to an activating group) is 1. The second kappa shape index (κ2) is 16.5. The summed E-state index contributed by atoms with van der Waals surface area (Å²) < 4.78 is 40.6. The number of carboxylic acid groups (broad SMARTS) is 1. The quantitative estimate of drug-likeness (QED) is 0.133. The fraction of sp³-hybridized carbons (Fsp3) is 0.357. The molecule has 1 aliphatic heterocycles. The zero-order valence-electron chi connectivity index (χ0n) is 33.0. The lowest BCUT2D eigenvalue weighted by molar-refractivity contribution is -0.144. The highest BCUT2D eigenvalue weighted by molar-refractivity contribution is 7.90. The van der Waals surface area contributed by atoms with Gasteiger partial charge in [0.2, 0.25) is 11.8 Å². The molecular weight excluding hydrogens is 765 g/mol. The summed E-state index contributed by atoms with van der Waals surface area (Å²) in [5.74, 6) is -1.97. The van der Waals surface area contributed by atoms with Crippen LogP contribution in [0.15, 0.2) is 102 Å². The number of benzene rings is 3. The van der Waals surface area contributed by atoms with Gasteiger partial charge in [-0.2, -0.15) is 0 Å². The number of likely N-dealkylation sites (tertiary alicyclic amines) is 1. The zero-order valence-corrected chi connectivity index (χ0v) is 33.8. The van der Waals surface area contributed by atoms with E-state index >= 15 is 0 Å². The number of fused-ring (bicyclic) bond motifs is 1. The molecule has 1 saturated carbocycles. The van der Waals surface area contributed by atoms with Crippen LogP contribution in [0.25, 0.3) is 22.2 Å². The molecule has 4 aromatic rings. The van der Waals surface area contributed by atoms with Crippen LogP contribution in [0.1, 0.15) is 33.6 Å². The molecule has 4 amide bonds. The lowest BCUT2D eigenvalue weighted by atomic mass is 10.0. The first-order valence-electron chi connectivity index (χ1n) is 18.8. The minimum absolute atomic E-state index is 0.0498. The van der Waals surface area contributed by atoms with E-state index in [4.69, 9.17) is 14.5 Å². The number of rotatable bonds is 14. The number of hydrogen-bond donors (Lipinski definition) is 4. The molecule has 0 bridgehead atoms. The molecule has 1 aromatic heterocycles. The molecule has 5 atom stereocenters. The van der Waals surface area contributed by atoms with Crippen molar-refractivity contribution in [3.63, 3.8) is 0 Å². The van der Waals surface area contributed by atoms with Crippen LogP contribution in [-0.2, 0) is 24.4 Å². The minimum Gasteiger partial charge on any atom is -0.497 e. The highest BCUT2D eigenvalue weighted by Gasteiger charge is 2.61. The summed E-state index contributed by atoms with van der Waals surface area (Å²) in [6.45, 7) is 8.59. The lowest BCUT2D eigenvalue weighted by Gasteiger charge is -2.40. The second-order valence-corrected chi connectivity index (χ2v) is 17.1. The van der Waals surface area contributed by atoms with E-state index in [1.807, 2.05) is 30.3 Å². The predicted molar refractivity (Wildman–Crippen MR) is 217 cm³/mol. The van der Waals surface area contributed by atoms with Crippen molar-refractivity contribution in [2.75, 3.05) is 27.2 Å². The third kappa shape index (κ3) is 8.48. The third-order valence-electron chi connectivity index (χ3n) is 10.4. The maximum atomic E-state index is 14.7. The fourth-order valence-electron chi connectivity index (χ4n) is 7.48. The van der Waals surface area contributed by atoms with Gasteiger partial charge in [0.25, 0.3) is 15.9 Å². The molecule has 0 spiro atoms. The molecule has 58 heavy (non-hydrogen) atoms. The first-order valence-corrected chi connectivity index (χ1v) is 20.3. The predicted octanol–water partition coefficient (Wildman–Crippen LogP) is 4.19. The second-order valence-electron chi connectivity index (χ2n) is 15.4. The Labute approximate surface area is 337 Å². The van der Waals surface area contributed by atoms with Crippen molar-refractivity contribution < 1.29 is 42.2 Å². The van der Waals surface area contributed by atoms with Crippen molar-refractivity contribution in [2.24, 2.45) is 5.92 Å². The smallest absolute Gasteiger partial charge is 0.408 e. The van der Waals surface area contributed by atoms with Gasteiger partial charge in [-0.05, 0) is 58.5 Å². The van der Waals surface area contributed by atoms with E-state index in [9.17, 15) is 32.7 Å². The van der Waals surface area contributed by atoms with Gasteiger partial charge in [-0.15, -0.1) is 6.58 Å². The molecule has 0 unspecified atom stereocenters. The Morgan fingerprint density at radius 1 is 1.05 bits per heavy atom. The van der Waals surface area contributed by atoms with E-state index in [2.05, 4.69) is 21.9 Å². The van der Waals surface area contributed by atoms with Crippen molar-refractivity contribution in [1.82, 2.24) is 30.1 Å². The van der Waals surface area contributed by atoms with Crippen molar-refractivity contribution >= 4 is 44.7 Å². The molecule has 3 aromatic carbocycles. The van der Waals surface area contributed by atoms with E-state index in [1.54, 1.807) is 65.3 Å². The van der Waals surface area contributed by atoms with Crippen molar-refractivity contribution in [2.45, 2.75) is 67.8 Å². The highest BCUT2D eigenvalue weighted by Crippen LogP contribution is 2.45. The summed E-state index contributed by atoms with van der Waals surface area (Å²) in [7, 11) is -1.16. The van der Waals surface area contributed by atoms with Gasteiger partial charge in [-0.1, -0.05) is 54.6 Å². The normalized spacial score (nSPS) is 20.8. The Bertz CT molecular complexity index is 2320. The van der Waals surface area contributed by atoms with Crippen LogP contribution in [0.4, 0.5) is 4.79 Å². The van der Waals surface area contributed by atoms with Gasteiger partial charge in [0.1, 0.15) is 35.2 Å². The van der Waals surface area contributed by atoms with Crippen LogP contribution < -0.4 is 24.8 Å². The number of sulfonamides is 1. The largest absolute Gasteiger partial charge is 0.497 e. The monoisotopic (exact) mass is 812 g/mol. The van der Waals surface area contributed by atoms with E-state index in [1.165, 1.54) is 35.2 Å². The Morgan fingerprint density at radius 3 is 2.31 bits per heavy atom. The summed E-state index contributed by atoms with van der Waals surface area (Å²) in [5, 5.41) is 16.7. The lowest BCUT2D eigenvalue weighted by Crippen LogP contribution is -2.62. The molecule has 2 heterocycles. The van der Waals surface area contributed by atoms with Crippen LogP contribution in [0.3, 0.4) is 0 Å². The molecule has 1 aliphatic carbocycles. The standard InChI is InChI=1S/C42H48N6O9S/c1-7-27-23-42(27,39(51)46-58(54,55)30-16-12-9-13-17-30)45-37(49)34-21-29(25-47(34)38(50)35(24-43-5)48(40(52)53)41(2,3)4)57-36-22-32(26-14-10-8-11-15-26)44-33-20-28(56-6)18-19-31(33)36/h7-20,22,27,29,34-35,43H,1,21,23-25H2,2-6H3,(H,45,49)(H,46,51)(H,52,53)/t27-,29-,34+,35+,42-/m1/s1. The SMILES string of the molecule is C=C[C@@H]1C[C@]1(NC(=O)[C@@H]1C[C@@H](Oc2cc(-c3ccccc3)nc3cc(OC)ccc23)CN1C(=O)[C@H](CNC)N(C(=O)O)C(C)(C)C)C(=O)NS(=O)(=O)c1ccccc1. The molecule has 16 heteroatoms. The molecule has 0 radical (unpaired) electrons. The van der Waals surface area contributed by atoms with Gasteiger partial charge >= 0.3 is 6.09 Å². The van der Waals surface area contributed by atoms with Crippen molar-refractivity contribution in [1.29, 1.82) is 0 Å². The van der Waals surface area contributed by atoms with Gasteiger partial charge in [0.05, 0.1) is 29.8 Å². The van der Waals surface area contributed by atoms with Crippen LogP contribution in [0.5, 0.6) is 11.5 Å². The summed E-state index contributed by atoms with van der Waals surface area (Å²) in [6, 6.07) is 21.4. The van der Waals surface area contributed by atoms with Crippen LogP contribution in [-0.4, -0.2) is 109 Å².